The zero-order chi connectivity index (χ0) is 14.1. The number of carbonyl (C=O) groups excluding carboxylic acids is 1. The Morgan fingerprint density at radius 2 is 2.16 bits per heavy atom. The predicted octanol–water partition coefficient (Wildman–Crippen LogP) is 4.73. The lowest BCUT2D eigenvalue weighted by Crippen LogP contribution is -2.22. The fourth-order valence-corrected chi connectivity index (χ4v) is 1.83. The minimum atomic E-state index is -0.519. The van der Waals surface area contributed by atoms with Crippen molar-refractivity contribution >= 4 is 11.8 Å². The first kappa shape index (κ1) is 15.5. The molecule has 1 aromatic rings. The lowest BCUT2D eigenvalue weighted by atomic mass is 10.1. The predicted molar refractivity (Wildman–Crippen MR) is 74.7 cm³/mol. The summed E-state index contributed by atoms with van der Waals surface area (Å²) in [6, 6.07) is 5.77. The van der Waals surface area contributed by atoms with Gasteiger partial charge in [-0.1, -0.05) is 32.8 Å². The van der Waals surface area contributed by atoms with Gasteiger partial charge in [0, 0.05) is 5.69 Å². The molecular formula is C15H22FNO2. The van der Waals surface area contributed by atoms with Crippen LogP contribution in [-0.2, 0) is 4.74 Å². The molecule has 0 aliphatic heterocycles. The quantitative estimate of drug-likeness (QED) is 0.725. The topological polar surface area (TPSA) is 38.3 Å². The maximum Gasteiger partial charge on any atom is 0.411 e. The normalized spacial score (nSPS) is 11.9. The Kier molecular flexibility index (Phi) is 6.93. The minimum absolute atomic E-state index is 0.0693. The van der Waals surface area contributed by atoms with Gasteiger partial charge in [0.25, 0.3) is 0 Å². The summed E-state index contributed by atoms with van der Waals surface area (Å²) in [7, 11) is 0. The molecule has 0 aliphatic rings. The van der Waals surface area contributed by atoms with Crippen molar-refractivity contribution in [2.45, 2.75) is 52.1 Å². The Labute approximate surface area is 114 Å². The first-order chi connectivity index (χ1) is 9.15. The fraction of sp³-hybridized carbons (Fsp3) is 0.533. The van der Waals surface area contributed by atoms with E-state index in [9.17, 15) is 9.18 Å². The van der Waals surface area contributed by atoms with Crippen LogP contribution in [0, 0.1) is 5.82 Å². The second kappa shape index (κ2) is 8.51. The number of ether oxygens (including phenoxy) is 1. The third kappa shape index (κ3) is 6.22. The standard InChI is InChI=1S/C15H22FNO2/c1-3-5-6-10-14(4-2)19-15(18)17-13-9-7-8-12(16)11-13/h7-9,11,14H,3-6,10H2,1-2H3,(H,17,18). The van der Waals surface area contributed by atoms with Gasteiger partial charge >= 0.3 is 6.09 Å². The molecule has 1 rings (SSSR count). The van der Waals surface area contributed by atoms with Gasteiger partial charge in [0.05, 0.1) is 0 Å². The Bertz CT molecular complexity index is 395. The molecule has 106 valence electrons. The van der Waals surface area contributed by atoms with E-state index in [1.807, 2.05) is 6.92 Å². The number of halogens is 1. The van der Waals surface area contributed by atoms with Crippen molar-refractivity contribution in [3.63, 3.8) is 0 Å². The lowest BCUT2D eigenvalue weighted by Gasteiger charge is -2.16. The molecule has 1 amide bonds. The number of nitrogens with one attached hydrogen (secondary N) is 1. The second-order valence-electron chi connectivity index (χ2n) is 4.57. The van der Waals surface area contributed by atoms with E-state index in [1.165, 1.54) is 12.1 Å². The third-order valence-electron chi connectivity index (χ3n) is 2.93. The monoisotopic (exact) mass is 267 g/mol. The van der Waals surface area contributed by atoms with Crippen molar-refractivity contribution in [2.75, 3.05) is 5.32 Å². The molecule has 1 atom stereocenters. The van der Waals surface area contributed by atoms with Gasteiger partial charge in [-0.25, -0.2) is 9.18 Å². The van der Waals surface area contributed by atoms with Crippen LogP contribution in [0.4, 0.5) is 14.9 Å². The number of rotatable bonds is 7. The molecule has 0 bridgehead atoms. The highest BCUT2D eigenvalue weighted by Crippen LogP contribution is 2.13. The van der Waals surface area contributed by atoms with E-state index in [2.05, 4.69) is 12.2 Å². The first-order valence-corrected chi connectivity index (χ1v) is 6.89. The van der Waals surface area contributed by atoms with Crippen molar-refractivity contribution in [3.05, 3.63) is 30.1 Å². The maximum atomic E-state index is 13.0. The second-order valence-corrected chi connectivity index (χ2v) is 4.57. The molecule has 4 heteroatoms. The number of unbranched alkanes of at least 4 members (excludes halogenated alkanes) is 2. The zero-order valence-corrected chi connectivity index (χ0v) is 11.6. The van der Waals surface area contributed by atoms with Crippen LogP contribution in [-0.4, -0.2) is 12.2 Å². The fourth-order valence-electron chi connectivity index (χ4n) is 1.83. The number of amides is 1. The number of carbonyl (C=O) groups is 1. The average molecular weight is 267 g/mol. The van der Waals surface area contributed by atoms with Gasteiger partial charge < -0.3 is 4.74 Å². The van der Waals surface area contributed by atoms with Crippen LogP contribution in [0.1, 0.15) is 46.0 Å². The largest absolute Gasteiger partial charge is 0.446 e. The Morgan fingerprint density at radius 3 is 2.79 bits per heavy atom. The lowest BCUT2D eigenvalue weighted by molar-refractivity contribution is 0.101. The van der Waals surface area contributed by atoms with Crippen molar-refractivity contribution in [1.29, 1.82) is 0 Å². The van der Waals surface area contributed by atoms with Gasteiger partial charge in [0.1, 0.15) is 11.9 Å². The van der Waals surface area contributed by atoms with Crippen LogP contribution >= 0.6 is 0 Å². The van der Waals surface area contributed by atoms with Crippen LogP contribution in [0.25, 0.3) is 0 Å². The van der Waals surface area contributed by atoms with Gasteiger partial charge in [-0.3, -0.25) is 5.32 Å². The van der Waals surface area contributed by atoms with Crippen molar-refractivity contribution in [3.8, 4) is 0 Å². The molecule has 0 aromatic heterocycles. The molecule has 1 unspecified atom stereocenters. The Hall–Kier alpha value is -1.58. The highest BCUT2D eigenvalue weighted by molar-refractivity contribution is 5.84. The Morgan fingerprint density at radius 1 is 1.37 bits per heavy atom. The van der Waals surface area contributed by atoms with Crippen LogP contribution < -0.4 is 5.32 Å². The summed E-state index contributed by atoms with van der Waals surface area (Å²) in [5.74, 6) is -0.382. The minimum Gasteiger partial charge on any atom is -0.446 e. The number of anilines is 1. The highest BCUT2D eigenvalue weighted by Gasteiger charge is 2.12. The van der Waals surface area contributed by atoms with Gasteiger partial charge in [-0.15, -0.1) is 0 Å². The van der Waals surface area contributed by atoms with E-state index >= 15 is 0 Å². The summed E-state index contributed by atoms with van der Waals surface area (Å²) in [4.78, 5) is 11.7. The molecule has 0 spiro atoms. The molecule has 0 aliphatic carbocycles. The van der Waals surface area contributed by atoms with Crippen molar-refractivity contribution in [2.24, 2.45) is 0 Å². The zero-order valence-electron chi connectivity index (χ0n) is 11.6. The molecule has 0 fully saturated rings. The van der Waals surface area contributed by atoms with E-state index in [4.69, 9.17) is 4.74 Å². The summed E-state index contributed by atoms with van der Waals surface area (Å²) in [5, 5.41) is 2.54. The number of hydrogen-bond donors (Lipinski definition) is 1. The summed E-state index contributed by atoms with van der Waals surface area (Å²) in [6.07, 6.45) is 4.43. The molecule has 1 N–H and O–H groups in total. The van der Waals surface area contributed by atoms with E-state index in [1.54, 1.807) is 12.1 Å². The average Bonchev–Trinajstić information content (AvgIpc) is 2.37. The molecule has 0 saturated heterocycles. The first-order valence-electron chi connectivity index (χ1n) is 6.89. The summed E-state index contributed by atoms with van der Waals surface area (Å²) < 4.78 is 18.3. The van der Waals surface area contributed by atoms with E-state index in [0.717, 1.165) is 32.1 Å². The number of hydrogen-bond acceptors (Lipinski definition) is 2. The van der Waals surface area contributed by atoms with Gasteiger partial charge in [-0.2, -0.15) is 0 Å². The number of benzene rings is 1. The molecule has 0 saturated carbocycles. The summed E-state index contributed by atoms with van der Waals surface area (Å²) in [6.45, 7) is 4.13. The third-order valence-corrected chi connectivity index (χ3v) is 2.93. The maximum absolute atomic E-state index is 13.0. The van der Waals surface area contributed by atoms with Crippen molar-refractivity contribution < 1.29 is 13.9 Å². The molecule has 19 heavy (non-hydrogen) atoms. The van der Waals surface area contributed by atoms with Gasteiger partial charge in [-0.05, 0) is 37.5 Å². The van der Waals surface area contributed by atoms with Gasteiger partial charge in [0.15, 0.2) is 0 Å². The van der Waals surface area contributed by atoms with E-state index in [-0.39, 0.29) is 11.9 Å². The molecule has 1 aromatic carbocycles. The van der Waals surface area contributed by atoms with Crippen LogP contribution in [0.2, 0.25) is 0 Å². The molecular weight excluding hydrogens is 245 g/mol. The summed E-state index contributed by atoms with van der Waals surface area (Å²) in [5.41, 5.74) is 0.411. The van der Waals surface area contributed by atoms with Crippen LogP contribution in [0.3, 0.4) is 0 Å². The Balaban J connectivity index is 2.40. The van der Waals surface area contributed by atoms with E-state index < -0.39 is 6.09 Å². The van der Waals surface area contributed by atoms with Gasteiger partial charge in [0.2, 0.25) is 0 Å². The molecule has 0 radical (unpaired) electrons. The highest BCUT2D eigenvalue weighted by atomic mass is 19.1. The van der Waals surface area contributed by atoms with Crippen LogP contribution in [0.15, 0.2) is 24.3 Å². The SMILES string of the molecule is CCCCCC(CC)OC(=O)Nc1cccc(F)c1. The van der Waals surface area contributed by atoms with E-state index in [0.29, 0.717) is 5.69 Å². The molecule has 0 heterocycles. The summed E-state index contributed by atoms with van der Waals surface area (Å²) >= 11 is 0. The smallest absolute Gasteiger partial charge is 0.411 e. The van der Waals surface area contributed by atoms with Crippen LogP contribution in [0.5, 0.6) is 0 Å². The van der Waals surface area contributed by atoms with Crippen molar-refractivity contribution in [1.82, 2.24) is 0 Å². The molecule has 3 nitrogen and oxygen atoms in total.